The predicted octanol–water partition coefficient (Wildman–Crippen LogP) is 1.89. The molecular formula is C10H11N3S. The van der Waals surface area contributed by atoms with E-state index < -0.39 is 0 Å². The zero-order valence-corrected chi connectivity index (χ0v) is 8.66. The van der Waals surface area contributed by atoms with Crippen LogP contribution in [0.5, 0.6) is 0 Å². The van der Waals surface area contributed by atoms with Crippen molar-refractivity contribution in [2.45, 2.75) is 13.0 Å². The third-order valence-electron chi connectivity index (χ3n) is 2.05. The van der Waals surface area contributed by atoms with Gasteiger partial charge in [-0.15, -0.1) is 11.3 Å². The van der Waals surface area contributed by atoms with Gasteiger partial charge in [0.2, 0.25) is 0 Å². The minimum atomic E-state index is -0.110. The van der Waals surface area contributed by atoms with Crippen molar-refractivity contribution >= 4 is 11.3 Å². The average molecular weight is 205 g/mol. The van der Waals surface area contributed by atoms with E-state index in [-0.39, 0.29) is 6.04 Å². The lowest BCUT2D eigenvalue weighted by molar-refractivity contribution is 0.854. The van der Waals surface area contributed by atoms with E-state index >= 15 is 0 Å². The average Bonchev–Trinajstić information content (AvgIpc) is 2.65. The van der Waals surface area contributed by atoms with Gasteiger partial charge in [0.25, 0.3) is 0 Å². The fraction of sp³-hybridized carbons (Fsp3) is 0.200. The first-order valence-electron chi connectivity index (χ1n) is 4.33. The molecule has 0 saturated carbocycles. The smallest absolute Gasteiger partial charge is 0.115 e. The lowest BCUT2D eigenvalue weighted by atomic mass is 10.1. The summed E-state index contributed by atoms with van der Waals surface area (Å²) in [7, 11) is 0. The minimum Gasteiger partial charge on any atom is -0.320 e. The quantitative estimate of drug-likeness (QED) is 0.814. The lowest BCUT2D eigenvalue weighted by Gasteiger charge is -2.08. The molecule has 72 valence electrons. The minimum absolute atomic E-state index is 0.110. The summed E-state index contributed by atoms with van der Waals surface area (Å²) >= 11 is 1.71. The second kappa shape index (κ2) is 3.86. The standard InChI is InChI=1S/C10H11N3S/c1-7-2-8(5-14-7)10(11)9-3-12-6-13-4-9/h2-6,10H,11H2,1H3. The van der Waals surface area contributed by atoms with Crippen LogP contribution in [0, 0.1) is 6.92 Å². The molecule has 0 radical (unpaired) electrons. The molecule has 0 aliphatic heterocycles. The molecule has 0 saturated heterocycles. The zero-order chi connectivity index (χ0) is 9.97. The van der Waals surface area contributed by atoms with E-state index in [1.165, 1.54) is 11.2 Å². The molecular weight excluding hydrogens is 194 g/mol. The maximum absolute atomic E-state index is 6.06. The van der Waals surface area contributed by atoms with Gasteiger partial charge < -0.3 is 5.73 Å². The van der Waals surface area contributed by atoms with E-state index in [9.17, 15) is 0 Å². The first-order valence-corrected chi connectivity index (χ1v) is 5.21. The molecule has 0 spiro atoms. The second-order valence-electron chi connectivity index (χ2n) is 3.14. The molecule has 0 aliphatic rings. The van der Waals surface area contributed by atoms with Crippen LogP contribution in [0.3, 0.4) is 0 Å². The Morgan fingerprint density at radius 2 is 2.00 bits per heavy atom. The maximum atomic E-state index is 6.06. The lowest BCUT2D eigenvalue weighted by Crippen LogP contribution is -2.11. The summed E-state index contributed by atoms with van der Waals surface area (Å²) in [5, 5.41) is 2.08. The van der Waals surface area contributed by atoms with Crippen LogP contribution < -0.4 is 5.73 Å². The Balaban J connectivity index is 2.29. The van der Waals surface area contributed by atoms with Crippen molar-refractivity contribution in [3.8, 4) is 0 Å². The van der Waals surface area contributed by atoms with E-state index in [4.69, 9.17) is 5.73 Å². The van der Waals surface area contributed by atoms with Gasteiger partial charge in [0.1, 0.15) is 6.33 Å². The highest BCUT2D eigenvalue weighted by Gasteiger charge is 2.10. The molecule has 3 nitrogen and oxygen atoms in total. The Morgan fingerprint density at radius 3 is 2.57 bits per heavy atom. The van der Waals surface area contributed by atoms with Crippen LogP contribution in [-0.4, -0.2) is 9.97 Å². The summed E-state index contributed by atoms with van der Waals surface area (Å²) in [5.74, 6) is 0. The van der Waals surface area contributed by atoms with Gasteiger partial charge in [-0.05, 0) is 23.9 Å². The van der Waals surface area contributed by atoms with Crippen LogP contribution in [0.2, 0.25) is 0 Å². The molecule has 0 fully saturated rings. The Labute approximate surface area is 86.6 Å². The van der Waals surface area contributed by atoms with Crippen molar-refractivity contribution in [2.75, 3.05) is 0 Å². The molecule has 14 heavy (non-hydrogen) atoms. The van der Waals surface area contributed by atoms with Crippen LogP contribution in [-0.2, 0) is 0 Å². The van der Waals surface area contributed by atoms with Crippen LogP contribution in [0.25, 0.3) is 0 Å². The number of hydrogen-bond acceptors (Lipinski definition) is 4. The summed E-state index contributed by atoms with van der Waals surface area (Å²) in [5.41, 5.74) is 8.13. The molecule has 0 aliphatic carbocycles. The molecule has 4 heteroatoms. The molecule has 0 aromatic carbocycles. The fourth-order valence-corrected chi connectivity index (χ4v) is 2.03. The van der Waals surface area contributed by atoms with Gasteiger partial charge in [0, 0.05) is 22.8 Å². The number of nitrogens with zero attached hydrogens (tertiary/aromatic N) is 2. The highest BCUT2D eigenvalue weighted by Crippen LogP contribution is 2.22. The molecule has 1 atom stereocenters. The number of aromatic nitrogens is 2. The van der Waals surface area contributed by atoms with Gasteiger partial charge >= 0.3 is 0 Å². The summed E-state index contributed by atoms with van der Waals surface area (Å²) < 4.78 is 0. The third kappa shape index (κ3) is 1.81. The molecule has 2 aromatic heterocycles. The Hall–Kier alpha value is -1.26. The monoisotopic (exact) mass is 205 g/mol. The number of aryl methyl sites for hydroxylation is 1. The van der Waals surface area contributed by atoms with E-state index in [2.05, 4.69) is 28.3 Å². The highest BCUT2D eigenvalue weighted by atomic mass is 32.1. The van der Waals surface area contributed by atoms with Crippen molar-refractivity contribution < 1.29 is 0 Å². The Bertz CT molecular complexity index is 410. The first kappa shape index (κ1) is 9.30. The van der Waals surface area contributed by atoms with Gasteiger partial charge in [-0.3, -0.25) is 0 Å². The van der Waals surface area contributed by atoms with E-state index in [0.717, 1.165) is 11.1 Å². The highest BCUT2D eigenvalue weighted by molar-refractivity contribution is 7.10. The zero-order valence-electron chi connectivity index (χ0n) is 7.84. The topological polar surface area (TPSA) is 51.8 Å². The Kier molecular flexibility index (Phi) is 2.56. The Morgan fingerprint density at radius 1 is 1.29 bits per heavy atom. The van der Waals surface area contributed by atoms with Crippen molar-refractivity contribution in [3.05, 3.63) is 46.2 Å². The van der Waals surface area contributed by atoms with Crippen molar-refractivity contribution in [1.29, 1.82) is 0 Å². The third-order valence-corrected chi connectivity index (χ3v) is 2.93. The SMILES string of the molecule is Cc1cc(C(N)c2cncnc2)cs1. The van der Waals surface area contributed by atoms with Crippen molar-refractivity contribution in [3.63, 3.8) is 0 Å². The van der Waals surface area contributed by atoms with Crippen LogP contribution in [0.4, 0.5) is 0 Å². The van der Waals surface area contributed by atoms with Crippen LogP contribution in [0.15, 0.2) is 30.2 Å². The van der Waals surface area contributed by atoms with E-state index in [1.54, 1.807) is 23.7 Å². The van der Waals surface area contributed by atoms with Crippen molar-refractivity contribution in [1.82, 2.24) is 9.97 Å². The molecule has 2 rings (SSSR count). The number of nitrogens with two attached hydrogens (primary N) is 1. The number of rotatable bonds is 2. The number of hydrogen-bond donors (Lipinski definition) is 1. The normalized spacial score (nSPS) is 12.7. The first-order chi connectivity index (χ1) is 6.77. The molecule has 0 bridgehead atoms. The summed E-state index contributed by atoms with van der Waals surface area (Å²) in [6.07, 6.45) is 5.02. The largest absolute Gasteiger partial charge is 0.320 e. The fourth-order valence-electron chi connectivity index (χ4n) is 1.29. The van der Waals surface area contributed by atoms with Crippen LogP contribution >= 0.6 is 11.3 Å². The van der Waals surface area contributed by atoms with E-state index in [0.29, 0.717) is 0 Å². The summed E-state index contributed by atoms with van der Waals surface area (Å²) in [6.45, 7) is 2.07. The van der Waals surface area contributed by atoms with Crippen LogP contribution in [0.1, 0.15) is 22.0 Å². The summed E-state index contributed by atoms with van der Waals surface area (Å²) in [4.78, 5) is 9.17. The van der Waals surface area contributed by atoms with E-state index in [1.807, 2.05) is 0 Å². The van der Waals surface area contributed by atoms with Gasteiger partial charge in [0.05, 0.1) is 6.04 Å². The van der Waals surface area contributed by atoms with Crippen molar-refractivity contribution in [2.24, 2.45) is 5.73 Å². The van der Waals surface area contributed by atoms with Gasteiger partial charge in [-0.1, -0.05) is 0 Å². The molecule has 2 N–H and O–H groups in total. The summed E-state index contributed by atoms with van der Waals surface area (Å²) in [6, 6.07) is 1.99. The molecule has 1 unspecified atom stereocenters. The second-order valence-corrected chi connectivity index (χ2v) is 4.26. The molecule has 0 amide bonds. The van der Waals surface area contributed by atoms with Gasteiger partial charge in [0.15, 0.2) is 0 Å². The van der Waals surface area contributed by atoms with Gasteiger partial charge in [-0.25, -0.2) is 9.97 Å². The number of thiophene rings is 1. The predicted molar refractivity (Wildman–Crippen MR) is 57.1 cm³/mol. The van der Waals surface area contributed by atoms with Gasteiger partial charge in [-0.2, -0.15) is 0 Å². The molecule has 2 heterocycles. The molecule has 2 aromatic rings. The maximum Gasteiger partial charge on any atom is 0.115 e.